The van der Waals surface area contributed by atoms with E-state index in [0.717, 1.165) is 6.54 Å². The van der Waals surface area contributed by atoms with Crippen LogP contribution in [0.15, 0.2) is 18.2 Å². The highest BCUT2D eigenvalue weighted by atomic mass is 32.1. The summed E-state index contributed by atoms with van der Waals surface area (Å²) >= 11 is 1.19. The van der Waals surface area contributed by atoms with Crippen molar-refractivity contribution in [3.05, 3.63) is 23.2 Å². The van der Waals surface area contributed by atoms with Crippen molar-refractivity contribution < 1.29 is 14.3 Å². The van der Waals surface area contributed by atoms with E-state index in [2.05, 4.69) is 20.8 Å². The average molecular weight is 308 g/mol. The molecule has 0 aliphatic rings. The van der Waals surface area contributed by atoms with Crippen molar-refractivity contribution in [3.63, 3.8) is 0 Å². The molecule has 0 atom stereocenters. The third-order valence-corrected chi connectivity index (χ3v) is 3.48. The smallest absolute Gasteiger partial charge is 0.286 e. The largest absolute Gasteiger partial charge is 0.497 e. The molecule has 1 aromatic carbocycles. The van der Waals surface area contributed by atoms with Gasteiger partial charge in [-0.15, -0.1) is 10.2 Å². The molecule has 0 radical (unpaired) electrons. The molecule has 0 saturated carbocycles. The molecule has 0 aliphatic carbocycles. The number of amides is 1. The summed E-state index contributed by atoms with van der Waals surface area (Å²) < 4.78 is 10.3. The van der Waals surface area contributed by atoms with E-state index < -0.39 is 0 Å². The first-order chi connectivity index (χ1) is 10.2. The maximum Gasteiger partial charge on any atom is 0.286 e. The Morgan fingerprint density at radius 2 is 2.10 bits per heavy atom. The molecule has 0 aliphatic heterocycles. The first-order valence-corrected chi connectivity index (χ1v) is 7.10. The van der Waals surface area contributed by atoms with Gasteiger partial charge in [-0.05, 0) is 19.1 Å². The van der Waals surface area contributed by atoms with Crippen molar-refractivity contribution in [1.29, 1.82) is 0 Å². The number of benzene rings is 1. The molecule has 0 saturated heterocycles. The molecule has 0 unspecified atom stereocenters. The summed E-state index contributed by atoms with van der Waals surface area (Å²) in [6, 6.07) is 5.16. The number of anilines is 2. The van der Waals surface area contributed by atoms with Gasteiger partial charge in [0.2, 0.25) is 10.1 Å². The number of rotatable bonds is 6. The van der Waals surface area contributed by atoms with Crippen LogP contribution in [0.3, 0.4) is 0 Å². The Bertz CT molecular complexity index is 630. The van der Waals surface area contributed by atoms with Crippen LogP contribution in [-0.4, -0.2) is 36.9 Å². The minimum absolute atomic E-state index is 0.274. The minimum atomic E-state index is -0.344. The maximum absolute atomic E-state index is 12.2. The second-order valence-electron chi connectivity index (χ2n) is 3.96. The van der Waals surface area contributed by atoms with Gasteiger partial charge in [0.1, 0.15) is 11.5 Å². The van der Waals surface area contributed by atoms with Gasteiger partial charge in [-0.1, -0.05) is 11.3 Å². The number of carbonyl (C=O) groups is 1. The number of ether oxygens (including phenoxy) is 2. The number of hydrogen-bond donors (Lipinski definition) is 2. The van der Waals surface area contributed by atoms with E-state index in [9.17, 15) is 4.79 Å². The molecule has 1 heterocycles. The Morgan fingerprint density at radius 3 is 2.76 bits per heavy atom. The Kier molecular flexibility index (Phi) is 4.94. The molecule has 1 aromatic heterocycles. The van der Waals surface area contributed by atoms with Crippen molar-refractivity contribution in [2.45, 2.75) is 6.92 Å². The lowest BCUT2D eigenvalue weighted by Crippen LogP contribution is -2.12. The van der Waals surface area contributed by atoms with Crippen molar-refractivity contribution >= 4 is 28.1 Å². The molecule has 7 nitrogen and oxygen atoms in total. The second kappa shape index (κ2) is 6.89. The van der Waals surface area contributed by atoms with Gasteiger partial charge in [0, 0.05) is 12.6 Å². The first kappa shape index (κ1) is 15.0. The summed E-state index contributed by atoms with van der Waals surface area (Å²) in [6.07, 6.45) is 0. The van der Waals surface area contributed by atoms with Gasteiger partial charge in [-0.3, -0.25) is 4.79 Å². The average Bonchev–Trinajstić information content (AvgIpc) is 2.96. The van der Waals surface area contributed by atoms with E-state index in [1.807, 2.05) is 6.92 Å². The Balaban J connectivity index is 2.17. The van der Waals surface area contributed by atoms with Gasteiger partial charge in [0.15, 0.2) is 0 Å². The van der Waals surface area contributed by atoms with Gasteiger partial charge < -0.3 is 20.1 Å². The molecule has 8 heteroatoms. The van der Waals surface area contributed by atoms with Crippen molar-refractivity contribution in [2.75, 3.05) is 31.4 Å². The minimum Gasteiger partial charge on any atom is -0.497 e. The molecule has 1 amide bonds. The van der Waals surface area contributed by atoms with Crippen molar-refractivity contribution in [3.8, 4) is 11.5 Å². The van der Waals surface area contributed by atoms with Crippen LogP contribution >= 0.6 is 11.3 Å². The van der Waals surface area contributed by atoms with Crippen LogP contribution in [0, 0.1) is 0 Å². The molecule has 0 bridgehead atoms. The number of methoxy groups -OCH3 is 2. The molecule has 2 aromatic rings. The monoisotopic (exact) mass is 308 g/mol. The van der Waals surface area contributed by atoms with E-state index in [-0.39, 0.29) is 10.9 Å². The predicted octanol–water partition coefficient (Wildman–Crippen LogP) is 2.24. The number of hydrogen-bond acceptors (Lipinski definition) is 7. The summed E-state index contributed by atoms with van der Waals surface area (Å²) in [4.78, 5) is 12.2. The zero-order valence-electron chi connectivity index (χ0n) is 12.0. The lowest BCUT2D eigenvalue weighted by Gasteiger charge is -2.10. The number of nitrogens with one attached hydrogen (secondary N) is 2. The Labute approximate surface area is 126 Å². The highest BCUT2D eigenvalue weighted by Gasteiger charge is 2.15. The second-order valence-corrected chi connectivity index (χ2v) is 4.94. The molecule has 2 rings (SSSR count). The van der Waals surface area contributed by atoms with Crippen LogP contribution in [0.5, 0.6) is 11.5 Å². The lowest BCUT2D eigenvalue weighted by molar-refractivity contribution is 0.102. The predicted molar refractivity (Wildman–Crippen MR) is 81.6 cm³/mol. The zero-order chi connectivity index (χ0) is 15.2. The fourth-order valence-electron chi connectivity index (χ4n) is 1.63. The van der Waals surface area contributed by atoms with Gasteiger partial charge in [0.05, 0.1) is 19.9 Å². The third-order valence-electron chi connectivity index (χ3n) is 2.60. The summed E-state index contributed by atoms with van der Waals surface area (Å²) in [6.45, 7) is 2.67. The van der Waals surface area contributed by atoms with E-state index in [1.165, 1.54) is 18.4 Å². The van der Waals surface area contributed by atoms with Crippen molar-refractivity contribution in [2.24, 2.45) is 0 Å². The van der Waals surface area contributed by atoms with Crippen LogP contribution in [-0.2, 0) is 0 Å². The molecule has 21 heavy (non-hydrogen) atoms. The fourth-order valence-corrected chi connectivity index (χ4v) is 2.33. The van der Waals surface area contributed by atoms with Gasteiger partial charge in [0.25, 0.3) is 5.91 Å². The standard InChI is InChI=1S/C13H16N4O3S/c1-4-14-13-17-16-12(21-13)11(18)15-9-7-8(19-2)5-6-10(9)20-3/h5-7H,4H2,1-3H3,(H,14,17)(H,15,18). The number of nitrogens with zero attached hydrogens (tertiary/aromatic N) is 2. The fraction of sp³-hybridized carbons (Fsp3) is 0.308. The van der Waals surface area contributed by atoms with Crippen molar-refractivity contribution in [1.82, 2.24) is 10.2 Å². The lowest BCUT2D eigenvalue weighted by atomic mass is 10.2. The van der Waals surface area contributed by atoms with Crippen LogP contribution < -0.4 is 20.1 Å². The number of carbonyl (C=O) groups excluding carboxylic acids is 1. The Hall–Kier alpha value is -2.35. The van der Waals surface area contributed by atoms with Crippen LogP contribution in [0.1, 0.15) is 16.7 Å². The van der Waals surface area contributed by atoms with E-state index in [4.69, 9.17) is 9.47 Å². The SMILES string of the molecule is CCNc1nnc(C(=O)Nc2cc(OC)ccc2OC)s1. The van der Waals surface area contributed by atoms with E-state index in [1.54, 1.807) is 25.3 Å². The summed E-state index contributed by atoms with van der Waals surface area (Å²) in [7, 11) is 3.09. The van der Waals surface area contributed by atoms with Gasteiger partial charge in [-0.2, -0.15) is 0 Å². The quantitative estimate of drug-likeness (QED) is 0.851. The van der Waals surface area contributed by atoms with Crippen LogP contribution in [0.25, 0.3) is 0 Å². The Morgan fingerprint density at radius 1 is 1.29 bits per heavy atom. The van der Waals surface area contributed by atoms with Gasteiger partial charge in [-0.25, -0.2) is 0 Å². The van der Waals surface area contributed by atoms with Crippen LogP contribution in [0.4, 0.5) is 10.8 Å². The summed E-state index contributed by atoms with van der Waals surface area (Å²) in [5.41, 5.74) is 0.516. The third kappa shape index (κ3) is 3.60. The topological polar surface area (TPSA) is 85.4 Å². The van der Waals surface area contributed by atoms with E-state index >= 15 is 0 Å². The van der Waals surface area contributed by atoms with Crippen LogP contribution in [0.2, 0.25) is 0 Å². The summed E-state index contributed by atoms with van der Waals surface area (Å²) in [5, 5.41) is 14.4. The molecular weight excluding hydrogens is 292 g/mol. The first-order valence-electron chi connectivity index (χ1n) is 6.28. The molecular formula is C13H16N4O3S. The molecule has 0 fully saturated rings. The highest BCUT2D eigenvalue weighted by molar-refractivity contribution is 7.17. The van der Waals surface area contributed by atoms with Gasteiger partial charge >= 0.3 is 0 Å². The molecule has 112 valence electrons. The van der Waals surface area contributed by atoms with E-state index in [0.29, 0.717) is 22.3 Å². The number of aromatic nitrogens is 2. The molecule has 2 N–H and O–H groups in total. The summed E-state index contributed by atoms with van der Waals surface area (Å²) in [5.74, 6) is 0.820. The highest BCUT2D eigenvalue weighted by Crippen LogP contribution is 2.29. The maximum atomic E-state index is 12.2. The normalized spacial score (nSPS) is 10.0. The zero-order valence-corrected chi connectivity index (χ0v) is 12.8. The molecule has 0 spiro atoms.